The van der Waals surface area contributed by atoms with Gasteiger partial charge in [0.15, 0.2) is 0 Å². The summed E-state index contributed by atoms with van der Waals surface area (Å²) in [6.07, 6.45) is 8.03. The van der Waals surface area contributed by atoms with Crippen LogP contribution in [0.25, 0.3) is 6.08 Å². The quantitative estimate of drug-likeness (QED) is 0.363. The first-order valence-electron chi connectivity index (χ1n) is 11.0. The predicted octanol–water partition coefficient (Wildman–Crippen LogP) is 3.63. The Morgan fingerprint density at radius 2 is 1.70 bits per heavy atom. The second-order valence-electron chi connectivity index (χ2n) is 8.32. The fourth-order valence-electron chi connectivity index (χ4n) is 4.39. The summed E-state index contributed by atoms with van der Waals surface area (Å²) in [6.45, 7) is 0. The molecule has 0 saturated heterocycles. The molecule has 0 radical (unpaired) electrons. The molecule has 0 bridgehead atoms. The summed E-state index contributed by atoms with van der Waals surface area (Å²) in [7, 11) is 1.62. The lowest BCUT2D eigenvalue weighted by atomic mass is 9.85. The monoisotopic (exact) mass is 420 g/mol. The van der Waals surface area contributed by atoms with E-state index in [0.717, 1.165) is 37.0 Å². The third kappa shape index (κ3) is 8.09. The molecule has 1 aromatic rings. The average molecular weight is 421 g/mol. The highest BCUT2D eigenvalue weighted by Crippen LogP contribution is 2.39. The van der Waals surface area contributed by atoms with Gasteiger partial charge < -0.3 is 25.2 Å². The van der Waals surface area contributed by atoms with Crippen molar-refractivity contribution in [2.24, 2.45) is 11.8 Å². The Bertz CT molecular complexity index is 656. The van der Waals surface area contributed by atoms with Crippen LogP contribution in [-0.4, -0.2) is 51.8 Å². The molecule has 1 aliphatic rings. The highest BCUT2D eigenvalue weighted by atomic mass is 16.5. The fourth-order valence-corrected chi connectivity index (χ4v) is 4.39. The van der Waals surface area contributed by atoms with E-state index in [1.54, 1.807) is 13.2 Å². The molecule has 0 aromatic heterocycles. The summed E-state index contributed by atoms with van der Waals surface area (Å²) in [4.78, 5) is 10.6. The van der Waals surface area contributed by atoms with Gasteiger partial charge in [-0.05, 0) is 61.6 Å². The lowest BCUT2D eigenvalue weighted by Gasteiger charge is -2.24. The number of carboxylic acid groups (broad SMARTS) is 1. The Morgan fingerprint density at radius 3 is 2.33 bits per heavy atom. The number of unbranched alkanes of at least 4 members (excludes halogenated alkanes) is 3. The third-order valence-electron chi connectivity index (χ3n) is 6.12. The van der Waals surface area contributed by atoms with Crippen molar-refractivity contribution < 1.29 is 30.0 Å². The molecule has 1 fully saturated rings. The molecular weight excluding hydrogens is 384 g/mol. The number of methoxy groups -OCH3 is 1. The highest BCUT2D eigenvalue weighted by molar-refractivity contribution is 5.66. The third-order valence-corrected chi connectivity index (χ3v) is 6.12. The lowest BCUT2D eigenvalue weighted by Crippen LogP contribution is -2.23. The van der Waals surface area contributed by atoms with E-state index in [0.29, 0.717) is 25.7 Å². The fraction of sp³-hybridized carbons (Fsp3) is 0.625. The smallest absolute Gasteiger partial charge is 0.303 e. The van der Waals surface area contributed by atoms with Gasteiger partial charge in [0.2, 0.25) is 0 Å². The van der Waals surface area contributed by atoms with Crippen molar-refractivity contribution >= 4 is 12.0 Å². The summed E-state index contributed by atoms with van der Waals surface area (Å²) < 4.78 is 5.13. The van der Waals surface area contributed by atoms with E-state index in [9.17, 15) is 20.1 Å². The lowest BCUT2D eigenvalue weighted by molar-refractivity contribution is -0.137. The van der Waals surface area contributed by atoms with E-state index in [2.05, 4.69) is 0 Å². The van der Waals surface area contributed by atoms with Gasteiger partial charge in [0, 0.05) is 6.42 Å². The van der Waals surface area contributed by atoms with Crippen LogP contribution >= 0.6 is 0 Å². The molecule has 30 heavy (non-hydrogen) atoms. The number of ether oxygens (including phenoxy) is 1. The van der Waals surface area contributed by atoms with E-state index >= 15 is 0 Å². The molecule has 1 aromatic carbocycles. The van der Waals surface area contributed by atoms with E-state index in [1.165, 1.54) is 0 Å². The topological polar surface area (TPSA) is 107 Å². The van der Waals surface area contributed by atoms with Gasteiger partial charge in [-0.25, -0.2) is 0 Å². The van der Waals surface area contributed by atoms with Crippen LogP contribution < -0.4 is 4.74 Å². The molecule has 1 unspecified atom stereocenters. The minimum atomic E-state index is -0.760. The van der Waals surface area contributed by atoms with Gasteiger partial charge in [-0.1, -0.05) is 43.5 Å². The molecule has 6 nitrogen and oxygen atoms in total. The van der Waals surface area contributed by atoms with Crippen LogP contribution in [0.3, 0.4) is 0 Å². The summed E-state index contributed by atoms with van der Waals surface area (Å²) >= 11 is 0. The van der Waals surface area contributed by atoms with E-state index < -0.39 is 24.3 Å². The normalized spacial score (nSPS) is 24.9. The Hall–Kier alpha value is -1.89. The maximum absolute atomic E-state index is 10.6. The van der Waals surface area contributed by atoms with Crippen LogP contribution in [0.5, 0.6) is 5.75 Å². The second kappa shape index (κ2) is 12.7. The maximum Gasteiger partial charge on any atom is 0.303 e. The Kier molecular flexibility index (Phi) is 10.3. The molecule has 1 aliphatic carbocycles. The zero-order chi connectivity index (χ0) is 21.9. The van der Waals surface area contributed by atoms with E-state index in [4.69, 9.17) is 9.84 Å². The first-order chi connectivity index (χ1) is 14.4. The molecule has 0 spiro atoms. The molecule has 0 amide bonds. The van der Waals surface area contributed by atoms with Crippen LogP contribution in [0.15, 0.2) is 30.3 Å². The van der Waals surface area contributed by atoms with Gasteiger partial charge in [-0.3, -0.25) is 4.79 Å². The highest BCUT2D eigenvalue weighted by Gasteiger charge is 2.40. The van der Waals surface area contributed by atoms with Crippen LogP contribution in [0.2, 0.25) is 0 Å². The first-order valence-corrected chi connectivity index (χ1v) is 11.0. The number of carbonyl (C=O) groups is 1. The summed E-state index contributed by atoms with van der Waals surface area (Å²) in [5.74, 6) is 0.0544. The number of aliphatic hydroxyl groups is 3. The van der Waals surface area contributed by atoms with Crippen molar-refractivity contribution in [3.63, 3.8) is 0 Å². The van der Waals surface area contributed by atoms with E-state index in [1.807, 2.05) is 30.3 Å². The molecule has 0 heterocycles. The molecule has 2 rings (SSSR count). The number of hydrogen-bond acceptors (Lipinski definition) is 5. The molecule has 0 aliphatic heterocycles. The number of carboxylic acids is 1. The molecule has 6 heteroatoms. The van der Waals surface area contributed by atoms with E-state index in [-0.39, 0.29) is 18.3 Å². The molecular formula is C24H36O6. The largest absolute Gasteiger partial charge is 0.497 e. The summed E-state index contributed by atoms with van der Waals surface area (Å²) in [6, 6.07) is 7.58. The Labute approximate surface area is 179 Å². The zero-order valence-corrected chi connectivity index (χ0v) is 17.8. The van der Waals surface area contributed by atoms with Crippen LogP contribution in [-0.2, 0) is 4.79 Å². The number of hydrogen-bond donors (Lipinski definition) is 4. The van der Waals surface area contributed by atoms with Crippen LogP contribution in [0.1, 0.15) is 63.4 Å². The molecule has 168 valence electrons. The van der Waals surface area contributed by atoms with Crippen LogP contribution in [0.4, 0.5) is 0 Å². The number of benzene rings is 1. The van der Waals surface area contributed by atoms with Crippen molar-refractivity contribution in [2.45, 2.75) is 76.1 Å². The van der Waals surface area contributed by atoms with Crippen molar-refractivity contribution in [3.8, 4) is 5.75 Å². The molecule has 4 N–H and O–H groups in total. The van der Waals surface area contributed by atoms with Crippen molar-refractivity contribution in [1.29, 1.82) is 0 Å². The van der Waals surface area contributed by atoms with Gasteiger partial charge in [0.05, 0.1) is 25.4 Å². The van der Waals surface area contributed by atoms with Crippen molar-refractivity contribution in [3.05, 3.63) is 35.9 Å². The number of aliphatic carboxylic acids is 1. The maximum atomic E-state index is 10.6. The summed E-state index contributed by atoms with van der Waals surface area (Å²) in [5, 5.41) is 39.7. The van der Waals surface area contributed by atoms with Gasteiger partial charge in [0.25, 0.3) is 0 Å². The van der Waals surface area contributed by atoms with Crippen molar-refractivity contribution in [1.82, 2.24) is 0 Å². The Balaban J connectivity index is 1.76. The van der Waals surface area contributed by atoms with Gasteiger partial charge in [-0.2, -0.15) is 0 Å². The SMILES string of the molecule is COc1ccc(C=CC(O)CC[C@@H]2[C@@H](CCCCCCC(=O)O)[C@@H](O)C[C@H]2O)cc1. The predicted molar refractivity (Wildman–Crippen MR) is 116 cm³/mol. The average Bonchev–Trinajstić information content (AvgIpc) is 2.99. The standard InChI is InChI=1S/C24H36O6/c1-30-19-13-9-17(10-14-19)8-11-18(25)12-15-21-20(22(26)16-23(21)27)6-4-2-3-5-7-24(28)29/h8-11,13-14,18,20-23,25-27H,2-7,12,15-16H2,1H3,(H,28,29)/t18?,20-,21-,22+,23-/m1/s1. The zero-order valence-electron chi connectivity index (χ0n) is 17.8. The van der Waals surface area contributed by atoms with Gasteiger partial charge >= 0.3 is 5.97 Å². The van der Waals surface area contributed by atoms with Gasteiger partial charge in [0.1, 0.15) is 5.75 Å². The van der Waals surface area contributed by atoms with Crippen molar-refractivity contribution in [2.75, 3.05) is 7.11 Å². The minimum absolute atomic E-state index is 0.0111. The van der Waals surface area contributed by atoms with Crippen LogP contribution in [0, 0.1) is 11.8 Å². The first kappa shape index (κ1) is 24.4. The molecule has 5 atom stereocenters. The minimum Gasteiger partial charge on any atom is -0.497 e. The number of aliphatic hydroxyl groups excluding tert-OH is 3. The molecule has 1 saturated carbocycles. The van der Waals surface area contributed by atoms with Gasteiger partial charge in [-0.15, -0.1) is 0 Å². The second-order valence-corrected chi connectivity index (χ2v) is 8.32. The Morgan fingerprint density at radius 1 is 1.07 bits per heavy atom. The number of rotatable bonds is 13. The summed E-state index contributed by atoms with van der Waals surface area (Å²) in [5.41, 5.74) is 0.979.